The van der Waals surface area contributed by atoms with Crippen LogP contribution in [0.4, 0.5) is 9.52 Å². The molecule has 0 saturated carbocycles. The van der Waals surface area contributed by atoms with E-state index in [1.54, 1.807) is 30.6 Å². The van der Waals surface area contributed by atoms with Gasteiger partial charge in [-0.3, -0.25) is 9.59 Å². The second-order valence-electron chi connectivity index (χ2n) is 6.96. The lowest BCUT2D eigenvalue weighted by molar-refractivity contribution is -0.115. The lowest BCUT2D eigenvalue weighted by atomic mass is 10.2. The standard InChI is InChI=1S/C21H23FN6O2S2/c1-5-10-28-17(13(3)24-19(30)15-8-6-7-9-16(15)22)26-27-21(28)32-14(4)18(29)25-20-23-12(2)11-31-20/h5-9,11,13-14H,1,10H2,2-4H3,(H,24,30)(H,23,25,29)/t13-,14+/m1/s1. The van der Waals surface area contributed by atoms with Crippen LogP contribution in [0.25, 0.3) is 0 Å². The van der Waals surface area contributed by atoms with Gasteiger partial charge in [-0.2, -0.15) is 0 Å². The highest BCUT2D eigenvalue weighted by Gasteiger charge is 2.24. The lowest BCUT2D eigenvalue weighted by Crippen LogP contribution is -2.29. The average Bonchev–Trinajstić information content (AvgIpc) is 3.34. The molecule has 11 heteroatoms. The SMILES string of the molecule is C=CCn1c(S[C@@H](C)C(=O)Nc2nc(C)cs2)nnc1[C@@H](C)NC(=O)c1ccccc1F. The van der Waals surface area contributed by atoms with Crippen LogP contribution < -0.4 is 10.6 Å². The fourth-order valence-electron chi connectivity index (χ4n) is 2.82. The van der Waals surface area contributed by atoms with Gasteiger partial charge in [-0.05, 0) is 32.9 Å². The maximum absolute atomic E-state index is 13.9. The van der Waals surface area contributed by atoms with Crippen molar-refractivity contribution in [3.8, 4) is 0 Å². The van der Waals surface area contributed by atoms with Gasteiger partial charge in [0.05, 0.1) is 22.5 Å². The van der Waals surface area contributed by atoms with Crippen LogP contribution in [0.5, 0.6) is 0 Å². The summed E-state index contributed by atoms with van der Waals surface area (Å²) in [6.45, 7) is 9.49. The minimum atomic E-state index is -0.601. The third kappa shape index (κ3) is 5.60. The molecule has 0 aliphatic carbocycles. The number of nitrogens with one attached hydrogen (secondary N) is 2. The monoisotopic (exact) mass is 474 g/mol. The number of allylic oxidation sites excluding steroid dienone is 1. The summed E-state index contributed by atoms with van der Waals surface area (Å²) in [7, 11) is 0. The number of amides is 2. The van der Waals surface area contributed by atoms with Crippen LogP contribution in [0.3, 0.4) is 0 Å². The van der Waals surface area contributed by atoms with Crippen molar-refractivity contribution < 1.29 is 14.0 Å². The number of thioether (sulfide) groups is 1. The van der Waals surface area contributed by atoms with Gasteiger partial charge in [-0.25, -0.2) is 9.37 Å². The molecule has 0 fully saturated rings. The molecule has 2 aromatic heterocycles. The Morgan fingerprint density at radius 2 is 2.06 bits per heavy atom. The summed E-state index contributed by atoms with van der Waals surface area (Å²) in [5.74, 6) is -0.888. The molecule has 3 rings (SSSR count). The first-order chi connectivity index (χ1) is 15.3. The number of halogens is 1. The Balaban J connectivity index is 1.72. The number of rotatable bonds is 9. The fraction of sp³-hybridized carbons (Fsp3) is 0.286. The molecule has 168 valence electrons. The molecule has 1 aromatic carbocycles. The summed E-state index contributed by atoms with van der Waals surface area (Å²) in [6.07, 6.45) is 1.67. The van der Waals surface area contributed by atoms with Gasteiger partial charge in [-0.1, -0.05) is 30.0 Å². The zero-order chi connectivity index (χ0) is 23.3. The number of hydrogen-bond acceptors (Lipinski definition) is 7. The molecular weight excluding hydrogens is 451 g/mol. The first kappa shape index (κ1) is 23.6. The highest BCUT2D eigenvalue weighted by atomic mass is 32.2. The predicted octanol–water partition coefficient (Wildman–Crippen LogP) is 3.98. The van der Waals surface area contributed by atoms with Crippen molar-refractivity contribution in [1.29, 1.82) is 0 Å². The van der Waals surface area contributed by atoms with Crippen molar-refractivity contribution in [3.05, 3.63) is 65.2 Å². The first-order valence-electron chi connectivity index (χ1n) is 9.79. The van der Waals surface area contributed by atoms with Crippen molar-refractivity contribution in [2.24, 2.45) is 0 Å². The number of carbonyl (C=O) groups excluding carboxylic acids is 2. The van der Waals surface area contributed by atoms with E-state index in [1.165, 1.54) is 41.3 Å². The van der Waals surface area contributed by atoms with Gasteiger partial charge >= 0.3 is 0 Å². The number of carbonyl (C=O) groups is 2. The largest absolute Gasteiger partial charge is 0.342 e. The fourth-order valence-corrected chi connectivity index (χ4v) is 4.38. The molecule has 0 saturated heterocycles. The quantitative estimate of drug-likeness (QED) is 0.359. The minimum Gasteiger partial charge on any atom is -0.342 e. The Morgan fingerprint density at radius 3 is 2.72 bits per heavy atom. The van der Waals surface area contributed by atoms with Crippen LogP contribution in [0.2, 0.25) is 0 Å². The van der Waals surface area contributed by atoms with E-state index in [2.05, 4.69) is 32.4 Å². The van der Waals surface area contributed by atoms with Gasteiger partial charge in [0.1, 0.15) is 5.82 Å². The van der Waals surface area contributed by atoms with E-state index in [4.69, 9.17) is 0 Å². The molecule has 2 N–H and O–H groups in total. The summed E-state index contributed by atoms with van der Waals surface area (Å²) < 4.78 is 15.7. The van der Waals surface area contributed by atoms with E-state index in [0.717, 1.165) is 5.69 Å². The molecule has 0 aliphatic rings. The number of aryl methyl sites for hydroxylation is 1. The van der Waals surface area contributed by atoms with Crippen LogP contribution >= 0.6 is 23.1 Å². The van der Waals surface area contributed by atoms with E-state index >= 15 is 0 Å². The lowest BCUT2D eigenvalue weighted by Gasteiger charge is -2.16. The Labute approximate surface area is 193 Å². The molecule has 0 spiro atoms. The molecule has 32 heavy (non-hydrogen) atoms. The molecule has 0 unspecified atom stereocenters. The van der Waals surface area contributed by atoms with Crippen LogP contribution in [0, 0.1) is 12.7 Å². The molecule has 3 aromatic rings. The van der Waals surface area contributed by atoms with Crippen LogP contribution in [0.1, 0.15) is 41.8 Å². The minimum absolute atomic E-state index is 0.0496. The molecule has 0 bridgehead atoms. The maximum atomic E-state index is 13.9. The molecular formula is C21H23FN6O2S2. The summed E-state index contributed by atoms with van der Waals surface area (Å²) in [6, 6.07) is 5.21. The molecule has 2 heterocycles. The smallest absolute Gasteiger partial charge is 0.254 e. The number of thiazole rings is 1. The highest BCUT2D eigenvalue weighted by molar-refractivity contribution is 8.00. The van der Waals surface area contributed by atoms with Gasteiger partial charge < -0.3 is 15.2 Å². The van der Waals surface area contributed by atoms with Gasteiger partial charge in [0.2, 0.25) is 5.91 Å². The van der Waals surface area contributed by atoms with Gasteiger partial charge in [0.25, 0.3) is 5.91 Å². The normalized spacial score (nSPS) is 12.8. The third-order valence-electron chi connectivity index (χ3n) is 4.41. The van der Waals surface area contributed by atoms with Gasteiger partial charge in [0.15, 0.2) is 16.1 Å². The Kier molecular flexibility index (Phi) is 7.75. The van der Waals surface area contributed by atoms with E-state index < -0.39 is 23.0 Å². The summed E-state index contributed by atoms with van der Waals surface area (Å²) >= 11 is 2.59. The molecule has 0 radical (unpaired) electrons. The third-order valence-corrected chi connectivity index (χ3v) is 6.37. The van der Waals surface area contributed by atoms with E-state index in [0.29, 0.717) is 22.7 Å². The maximum Gasteiger partial charge on any atom is 0.254 e. The number of hydrogen-bond donors (Lipinski definition) is 2. The zero-order valence-electron chi connectivity index (χ0n) is 17.8. The predicted molar refractivity (Wildman–Crippen MR) is 123 cm³/mol. The van der Waals surface area contributed by atoms with Crippen molar-refractivity contribution in [1.82, 2.24) is 25.1 Å². The topological polar surface area (TPSA) is 102 Å². The highest BCUT2D eigenvalue weighted by Crippen LogP contribution is 2.26. The zero-order valence-corrected chi connectivity index (χ0v) is 19.5. The van der Waals surface area contributed by atoms with Crippen LogP contribution in [0.15, 0.2) is 47.5 Å². The Bertz CT molecular complexity index is 1130. The molecule has 2 amide bonds. The molecule has 0 aliphatic heterocycles. The Hall–Kier alpha value is -3.05. The van der Waals surface area contributed by atoms with E-state index in [1.807, 2.05) is 12.3 Å². The van der Waals surface area contributed by atoms with Gasteiger partial charge in [-0.15, -0.1) is 28.1 Å². The number of aromatic nitrogens is 4. The van der Waals surface area contributed by atoms with Crippen molar-refractivity contribution in [2.45, 2.75) is 43.8 Å². The summed E-state index contributed by atoms with van der Waals surface area (Å²) in [5, 5.41) is 16.4. The van der Waals surface area contributed by atoms with Crippen molar-refractivity contribution in [2.75, 3.05) is 5.32 Å². The average molecular weight is 475 g/mol. The van der Waals surface area contributed by atoms with Crippen molar-refractivity contribution in [3.63, 3.8) is 0 Å². The summed E-state index contributed by atoms with van der Waals surface area (Å²) in [4.78, 5) is 29.2. The Morgan fingerprint density at radius 1 is 1.31 bits per heavy atom. The second-order valence-corrected chi connectivity index (χ2v) is 9.12. The van der Waals surface area contributed by atoms with Crippen molar-refractivity contribution >= 4 is 40.0 Å². The molecule has 8 nitrogen and oxygen atoms in total. The second kappa shape index (κ2) is 10.5. The van der Waals surface area contributed by atoms with Crippen LogP contribution in [-0.4, -0.2) is 36.8 Å². The first-order valence-corrected chi connectivity index (χ1v) is 11.5. The molecule has 2 atom stereocenters. The van der Waals surface area contributed by atoms with E-state index in [9.17, 15) is 14.0 Å². The number of anilines is 1. The number of benzene rings is 1. The number of nitrogens with zero attached hydrogens (tertiary/aromatic N) is 4. The summed E-state index contributed by atoms with van der Waals surface area (Å²) in [5.41, 5.74) is 0.791. The van der Waals surface area contributed by atoms with Crippen LogP contribution in [-0.2, 0) is 11.3 Å². The van der Waals surface area contributed by atoms with E-state index in [-0.39, 0.29) is 11.5 Å². The van der Waals surface area contributed by atoms with Gasteiger partial charge in [0, 0.05) is 11.9 Å².